The van der Waals surface area contributed by atoms with Gasteiger partial charge in [0.1, 0.15) is 6.20 Å². The third kappa shape index (κ3) is 4.35. The first kappa shape index (κ1) is 16.1. The van der Waals surface area contributed by atoms with Crippen LogP contribution in [0.25, 0.3) is 0 Å². The third-order valence-corrected chi connectivity index (χ3v) is 3.69. The van der Waals surface area contributed by atoms with E-state index in [1.807, 2.05) is 0 Å². The van der Waals surface area contributed by atoms with Gasteiger partial charge in [-0.15, -0.1) is 0 Å². The van der Waals surface area contributed by atoms with Crippen molar-refractivity contribution in [2.45, 2.75) is 19.1 Å². The number of halogens is 1. The van der Waals surface area contributed by atoms with Crippen molar-refractivity contribution in [1.82, 2.24) is 19.5 Å². The number of β-amino-alcohol motifs (C(OH)–C–C–N with tert-alkyl or cyclic N) is 1. The molecule has 2 rings (SSSR count). The number of nitro groups is 1. The van der Waals surface area contributed by atoms with E-state index in [1.165, 1.54) is 10.8 Å². The summed E-state index contributed by atoms with van der Waals surface area (Å²) in [7, 11) is 0. The highest BCUT2D eigenvalue weighted by Crippen LogP contribution is 2.19. The van der Waals surface area contributed by atoms with E-state index in [2.05, 4.69) is 9.88 Å². The van der Waals surface area contributed by atoms with E-state index >= 15 is 0 Å². The molecular weight excluding hydrogens is 300 g/mol. The quantitative estimate of drug-likeness (QED) is 0.435. The molecule has 10 heteroatoms. The van der Waals surface area contributed by atoms with Crippen LogP contribution in [0.15, 0.2) is 6.20 Å². The van der Waals surface area contributed by atoms with Crippen LogP contribution < -0.4 is 5.84 Å². The molecular formula is C11H19ClN6O3. The van der Waals surface area contributed by atoms with Crippen LogP contribution in [-0.2, 0) is 6.54 Å². The van der Waals surface area contributed by atoms with Gasteiger partial charge in [0.25, 0.3) is 0 Å². The highest BCUT2D eigenvalue weighted by Gasteiger charge is 2.29. The molecule has 0 amide bonds. The standard InChI is InChI=1S/C11H19ClN6O3/c1-11(19,7-15-2-4-17(13)5-3-15)8-16-6-9(18(20)21)14-10(16)12/h6,19H,2-5,7-8,13H2,1H3. The lowest BCUT2D eigenvalue weighted by atomic mass is 10.1. The highest BCUT2D eigenvalue weighted by atomic mass is 35.5. The maximum Gasteiger partial charge on any atom is 0.383 e. The van der Waals surface area contributed by atoms with Crippen molar-refractivity contribution >= 4 is 17.4 Å². The van der Waals surface area contributed by atoms with E-state index in [0.717, 1.165) is 26.2 Å². The van der Waals surface area contributed by atoms with Gasteiger partial charge >= 0.3 is 11.1 Å². The van der Waals surface area contributed by atoms with Crippen molar-refractivity contribution in [3.63, 3.8) is 0 Å². The number of aromatic nitrogens is 2. The van der Waals surface area contributed by atoms with Gasteiger partial charge in [0.2, 0.25) is 0 Å². The van der Waals surface area contributed by atoms with Crippen molar-refractivity contribution in [1.29, 1.82) is 0 Å². The van der Waals surface area contributed by atoms with E-state index in [4.69, 9.17) is 17.4 Å². The molecule has 1 unspecified atom stereocenters. The van der Waals surface area contributed by atoms with Gasteiger partial charge in [0.15, 0.2) is 0 Å². The Kier molecular flexibility index (Phi) is 4.79. The minimum absolute atomic E-state index is 0.00578. The summed E-state index contributed by atoms with van der Waals surface area (Å²) >= 11 is 5.86. The molecule has 0 radical (unpaired) electrons. The molecule has 0 spiro atoms. The molecule has 0 saturated carbocycles. The van der Waals surface area contributed by atoms with Gasteiger partial charge in [-0.05, 0) is 28.4 Å². The SMILES string of the molecule is CC(O)(CN1CCN(N)CC1)Cn1cc([N+](=O)[O-])nc1Cl. The monoisotopic (exact) mass is 318 g/mol. The summed E-state index contributed by atoms with van der Waals surface area (Å²) in [5.41, 5.74) is -1.07. The number of aliphatic hydroxyl groups is 1. The lowest BCUT2D eigenvalue weighted by Gasteiger charge is -2.36. The normalized spacial score (nSPS) is 20.4. The van der Waals surface area contributed by atoms with E-state index in [1.54, 1.807) is 11.9 Å². The van der Waals surface area contributed by atoms with E-state index in [9.17, 15) is 15.2 Å². The molecule has 1 aliphatic rings. The van der Waals surface area contributed by atoms with Crippen LogP contribution in [0.3, 0.4) is 0 Å². The minimum Gasteiger partial charge on any atom is -0.387 e. The molecule has 1 fully saturated rings. The number of hydrogen-bond acceptors (Lipinski definition) is 7. The number of hydrazine groups is 1. The lowest BCUT2D eigenvalue weighted by molar-refractivity contribution is -0.389. The van der Waals surface area contributed by atoms with Crippen molar-refractivity contribution in [2.24, 2.45) is 5.84 Å². The van der Waals surface area contributed by atoms with Crippen LogP contribution in [0.4, 0.5) is 5.82 Å². The zero-order valence-corrected chi connectivity index (χ0v) is 12.5. The number of piperazine rings is 1. The second kappa shape index (κ2) is 6.24. The van der Waals surface area contributed by atoms with Gasteiger partial charge in [0, 0.05) is 32.7 Å². The Labute approximate surface area is 127 Å². The number of hydrogen-bond donors (Lipinski definition) is 2. The second-order valence-corrected chi connectivity index (χ2v) is 5.90. The minimum atomic E-state index is -1.07. The molecule has 1 aromatic rings. The average Bonchev–Trinajstić information content (AvgIpc) is 2.73. The topological polar surface area (TPSA) is 114 Å². The molecule has 1 saturated heterocycles. The summed E-state index contributed by atoms with van der Waals surface area (Å²) < 4.78 is 1.39. The smallest absolute Gasteiger partial charge is 0.383 e. The van der Waals surface area contributed by atoms with Crippen molar-refractivity contribution in [2.75, 3.05) is 32.7 Å². The van der Waals surface area contributed by atoms with Crippen molar-refractivity contribution < 1.29 is 10.0 Å². The molecule has 2 heterocycles. The highest BCUT2D eigenvalue weighted by molar-refractivity contribution is 6.28. The molecule has 0 bridgehead atoms. The Morgan fingerprint density at radius 2 is 2.10 bits per heavy atom. The zero-order chi connectivity index (χ0) is 15.6. The molecule has 1 aliphatic heterocycles. The number of imidazole rings is 1. The molecule has 0 aromatic carbocycles. The molecule has 118 valence electrons. The first-order valence-electron chi connectivity index (χ1n) is 6.58. The summed E-state index contributed by atoms with van der Waals surface area (Å²) in [5.74, 6) is 5.36. The lowest BCUT2D eigenvalue weighted by Crippen LogP contribution is -2.53. The fraction of sp³-hybridized carbons (Fsp3) is 0.727. The molecule has 0 aliphatic carbocycles. The Bertz CT molecular complexity index is 512. The molecule has 3 N–H and O–H groups in total. The largest absolute Gasteiger partial charge is 0.387 e. The summed E-state index contributed by atoms with van der Waals surface area (Å²) in [5, 5.41) is 22.9. The predicted molar refractivity (Wildman–Crippen MR) is 76.7 cm³/mol. The number of nitrogens with two attached hydrogens (primary N) is 1. The van der Waals surface area contributed by atoms with E-state index in [0.29, 0.717) is 6.54 Å². The Balaban J connectivity index is 1.98. The van der Waals surface area contributed by atoms with Crippen molar-refractivity contribution in [3.8, 4) is 0 Å². The molecule has 9 nitrogen and oxygen atoms in total. The van der Waals surface area contributed by atoms with Crippen LogP contribution in [0.1, 0.15) is 6.92 Å². The van der Waals surface area contributed by atoms with Crippen LogP contribution >= 0.6 is 11.6 Å². The van der Waals surface area contributed by atoms with Crippen LogP contribution in [0.5, 0.6) is 0 Å². The van der Waals surface area contributed by atoms with Gasteiger partial charge in [0.05, 0.1) is 12.1 Å². The van der Waals surface area contributed by atoms with Gasteiger partial charge in [-0.1, -0.05) is 0 Å². The third-order valence-electron chi connectivity index (χ3n) is 3.38. The summed E-state index contributed by atoms with van der Waals surface area (Å²) in [4.78, 5) is 15.8. The van der Waals surface area contributed by atoms with Crippen LogP contribution in [0, 0.1) is 10.1 Å². The molecule has 21 heavy (non-hydrogen) atoms. The summed E-state index contributed by atoms with van der Waals surface area (Å²) in [6.07, 6.45) is 1.23. The number of nitrogens with zero attached hydrogens (tertiary/aromatic N) is 5. The number of rotatable bonds is 5. The fourth-order valence-electron chi connectivity index (χ4n) is 2.40. The second-order valence-electron chi connectivity index (χ2n) is 5.56. The first-order chi connectivity index (χ1) is 9.77. The van der Waals surface area contributed by atoms with Crippen LogP contribution in [0.2, 0.25) is 5.28 Å². The zero-order valence-electron chi connectivity index (χ0n) is 11.8. The van der Waals surface area contributed by atoms with Gasteiger partial charge < -0.3 is 15.2 Å². The molecule has 1 atom stereocenters. The molecule has 1 aromatic heterocycles. The first-order valence-corrected chi connectivity index (χ1v) is 6.96. The van der Waals surface area contributed by atoms with Crippen molar-refractivity contribution in [3.05, 3.63) is 21.6 Å². The Morgan fingerprint density at radius 1 is 1.48 bits per heavy atom. The average molecular weight is 319 g/mol. The van der Waals surface area contributed by atoms with E-state index < -0.39 is 10.5 Å². The van der Waals surface area contributed by atoms with Gasteiger partial charge in [-0.25, -0.2) is 5.01 Å². The van der Waals surface area contributed by atoms with E-state index in [-0.39, 0.29) is 17.6 Å². The van der Waals surface area contributed by atoms with Crippen LogP contribution in [-0.4, -0.2) is 67.8 Å². The summed E-state index contributed by atoms with van der Waals surface area (Å²) in [6, 6.07) is 0. The maximum atomic E-state index is 10.7. The predicted octanol–water partition coefficient (Wildman–Crippen LogP) is -0.313. The Morgan fingerprint density at radius 3 is 2.62 bits per heavy atom. The van der Waals surface area contributed by atoms with Gasteiger partial charge in [-0.3, -0.25) is 15.3 Å². The Hall–Kier alpha value is -1.26. The maximum absolute atomic E-state index is 10.7. The summed E-state index contributed by atoms with van der Waals surface area (Å²) in [6.45, 7) is 5.26. The van der Waals surface area contributed by atoms with Gasteiger partial charge in [-0.2, -0.15) is 0 Å². The fourth-order valence-corrected chi connectivity index (χ4v) is 2.59.